The number of benzene rings is 2. The number of likely N-dealkylation sites (tertiary alicyclic amines) is 1. The molecule has 0 bridgehead atoms. The van der Waals surface area contributed by atoms with Gasteiger partial charge >= 0.3 is 0 Å². The normalized spacial score (nSPS) is 14.7. The zero-order valence-corrected chi connectivity index (χ0v) is 16.0. The predicted molar refractivity (Wildman–Crippen MR) is 106 cm³/mol. The van der Waals surface area contributed by atoms with Crippen molar-refractivity contribution in [2.75, 3.05) is 25.5 Å². The Morgan fingerprint density at radius 1 is 1.07 bits per heavy atom. The maximum Gasteiger partial charge on any atom is 0.227 e. The van der Waals surface area contributed by atoms with Crippen LogP contribution in [0.15, 0.2) is 48.5 Å². The van der Waals surface area contributed by atoms with E-state index in [1.165, 1.54) is 0 Å². The van der Waals surface area contributed by atoms with Crippen molar-refractivity contribution in [1.29, 1.82) is 0 Å². The van der Waals surface area contributed by atoms with Crippen molar-refractivity contribution in [3.63, 3.8) is 0 Å². The van der Waals surface area contributed by atoms with Crippen LogP contribution < -0.4 is 10.1 Å². The molecule has 1 saturated heterocycles. The molecule has 3 rings (SSSR count). The van der Waals surface area contributed by atoms with E-state index in [0.717, 1.165) is 17.0 Å². The number of halogens is 1. The van der Waals surface area contributed by atoms with Crippen LogP contribution in [0.2, 0.25) is 5.02 Å². The van der Waals surface area contributed by atoms with Gasteiger partial charge in [0, 0.05) is 29.7 Å². The van der Waals surface area contributed by atoms with Crippen molar-refractivity contribution in [1.82, 2.24) is 4.90 Å². The standard InChI is InChI=1S/C21H23ClN2O3/c1-27-19-8-2-15(3-9-19)14-20(25)24-12-10-16(11-13-24)21(26)23-18-6-4-17(22)5-7-18/h2-9,16H,10-14H2,1H3,(H,23,26). The van der Waals surface area contributed by atoms with Gasteiger partial charge in [-0.25, -0.2) is 0 Å². The van der Waals surface area contributed by atoms with Gasteiger partial charge < -0.3 is 15.0 Å². The summed E-state index contributed by atoms with van der Waals surface area (Å²) >= 11 is 5.86. The van der Waals surface area contributed by atoms with Crippen LogP contribution >= 0.6 is 11.6 Å². The number of methoxy groups -OCH3 is 1. The third-order valence-electron chi connectivity index (χ3n) is 4.84. The van der Waals surface area contributed by atoms with Crippen molar-refractivity contribution in [2.24, 2.45) is 5.92 Å². The molecule has 0 unspecified atom stereocenters. The third kappa shape index (κ3) is 5.23. The summed E-state index contributed by atoms with van der Waals surface area (Å²) in [6, 6.07) is 14.6. The van der Waals surface area contributed by atoms with E-state index in [1.54, 1.807) is 31.4 Å². The Bertz CT molecular complexity index is 782. The molecule has 1 N–H and O–H groups in total. The molecule has 0 aromatic heterocycles. The maximum atomic E-state index is 12.5. The second kappa shape index (κ2) is 8.91. The molecule has 0 radical (unpaired) electrons. The number of carbonyl (C=O) groups excluding carboxylic acids is 2. The summed E-state index contributed by atoms with van der Waals surface area (Å²) in [5.74, 6) is 0.792. The van der Waals surface area contributed by atoms with Crippen molar-refractivity contribution in [3.05, 3.63) is 59.1 Å². The molecule has 0 spiro atoms. The number of nitrogens with zero attached hydrogens (tertiary/aromatic N) is 1. The lowest BCUT2D eigenvalue weighted by molar-refractivity contribution is -0.133. The van der Waals surface area contributed by atoms with Gasteiger partial charge in [-0.05, 0) is 54.8 Å². The lowest BCUT2D eigenvalue weighted by Crippen LogP contribution is -2.42. The average molecular weight is 387 g/mol. The molecular formula is C21H23ClN2O3. The fraction of sp³-hybridized carbons (Fsp3) is 0.333. The highest BCUT2D eigenvalue weighted by molar-refractivity contribution is 6.30. The molecule has 0 atom stereocenters. The molecule has 0 aliphatic carbocycles. The summed E-state index contributed by atoms with van der Waals surface area (Å²) in [6.45, 7) is 1.21. The SMILES string of the molecule is COc1ccc(CC(=O)N2CCC(C(=O)Nc3ccc(Cl)cc3)CC2)cc1. The average Bonchev–Trinajstić information content (AvgIpc) is 2.70. The number of anilines is 1. The van der Waals surface area contributed by atoms with Gasteiger partial charge in [-0.15, -0.1) is 0 Å². The molecule has 1 aliphatic rings. The van der Waals surface area contributed by atoms with Crippen LogP contribution in [0.1, 0.15) is 18.4 Å². The van der Waals surface area contributed by atoms with Gasteiger partial charge in [-0.2, -0.15) is 0 Å². The van der Waals surface area contributed by atoms with Crippen LogP contribution in [-0.2, 0) is 16.0 Å². The van der Waals surface area contributed by atoms with Crippen LogP contribution in [-0.4, -0.2) is 36.9 Å². The van der Waals surface area contributed by atoms with E-state index < -0.39 is 0 Å². The minimum Gasteiger partial charge on any atom is -0.497 e. The number of hydrogen-bond donors (Lipinski definition) is 1. The number of piperidine rings is 1. The zero-order chi connectivity index (χ0) is 19.2. The molecule has 142 valence electrons. The largest absolute Gasteiger partial charge is 0.497 e. The van der Waals surface area contributed by atoms with Crippen molar-refractivity contribution >= 4 is 29.1 Å². The van der Waals surface area contributed by atoms with E-state index in [0.29, 0.717) is 37.4 Å². The smallest absolute Gasteiger partial charge is 0.227 e. The van der Waals surface area contributed by atoms with E-state index in [9.17, 15) is 9.59 Å². The summed E-state index contributed by atoms with van der Waals surface area (Å²) in [5.41, 5.74) is 1.70. The number of carbonyl (C=O) groups is 2. The molecule has 2 aromatic carbocycles. The Morgan fingerprint density at radius 2 is 1.70 bits per heavy atom. The Kier molecular flexibility index (Phi) is 6.35. The van der Waals surface area contributed by atoms with Gasteiger partial charge in [0.15, 0.2) is 0 Å². The molecular weight excluding hydrogens is 364 g/mol. The van der Waals surface area contributed by atoms with Crippen molar-refractivity contribution in [3.8, 4) is 5.75 Å². The van der Waals surface area contributed by atoms with E-state index in [2.05, 4.69) is 5.32 Å². The fourth-order valence-electron chi connectivity index (χ4n) is 3.20. The van der Waals surface area contributed by atoms with Crippen LogP contribution in [0.5, 0.6) is 5.75 Å². The highest BCUT2D eigenvalue weighted by Gasteiger charge is 2.27. The minimum atomic E-state index is -0.0780. The first-order valence-corrected chi connectivity index (χ1v) is 9.40. The van der Waals surface area contributed by atoms with Crippen LogP contribution in [0, 0.1) is 5.92 Å². The lowest BCUT2D eigenvalue weighted by atomic mass is 9.95. The Morgan fingerprint density at radius 3 is 2.30 bits per heavy atom. The summed E-state index contributed by atoms with van der Waals surface area (Å²) in [7, 11) is 1.62. The monoisotopic (exact) mass is 386 g/mol. The van der Waals surface area contributed by atoms with Crippen LogP contribution in [0.4, 0.5) is 5.69 Å². The highest BCUT2D eigenvalue weighted by atomic mass is 35.5. The second-order valence-corrected chi connectivity index (χ2v) is 7.11. The maximum absolute atomic E-state index is 12.5. The molecule has 5 nitrogen and oxygen atoms in total. The zero-order valence-electron chi connectivity index (χ0n) is 15.3. The predicted octanol–water partition coefficient (Wildman–Crippen LogP) is 3.77. The van der Waals surface area contributed by atoms with Gasteiger partial charge in [-0.3, -0.25) is 9.59 Å². The first-order valence-electron chi connectivity index (χ1n) is 9.02. The molecule has 27 heavy (non-hydrogen) atoms. The Balaban J connectivity index is 1.47. The van der Waals surface area contributed by atoms with Crippen molar-refractivity contribution in [2.45, 2.75) is 19.3 Å². The van der Waals surface area contributed by atoms with Gasteiger partial charge in [0.2, 0.25) is 11.8 Å². The number of amides is 2. The quantitative estimate of drug-likeness (QED) is 0.850. The van der Waals surface area contributed by atoms with E-state index in [-0.39, 0.29) is 17.7 Å². The number of ether oxygens (including phenoxy) is 1. The second-order valence-electron chi connectivity index (χ2n) is 6.68. The third-order valence-corrected chi connectivity index (χ3v) is 5.10. The first-order chi connectivity index (χ1) is 13.0. The number of nitrogens with one attached hydrogen (secondary N) is 1. The van der Waals surface area contributed by atoms with Gasteiger partial charge in [0.25, 0.3) is 0 Å². The minimum absolute atomic E-state index is 0.000393. The summed E-state index contributed by atoms with van der Waals surface area (Å²) < 4.78 is 5.13. The van der Waals surface area contributed by atoms with Gasteiger partial charge in [-0.1, -0.05) is 23.7 Å². The van der Waals surface area contributed by atoms with E-state index in [4.69, 9.17) is 16.3 Å². The molecule has 2 aromatic rings. The lowest BCUT2D eigenvalue weighted by Gasteiger charge is -2.31. The molecule has 1 fully saturated rings. The topological polar surface area (TPSA) is 58.6 Å². The van der Waals surface area contributed by atoms with Gasteiger partial charge in [0.1, 0.15) is 5.75 Å². The summed E-state index contributed by atoms with van der Waals surface area (Å²) in [4.78, 5) is 26.8. The van der Waals surface area contributed by atoms with E-state index >= 15 is 0 Å². The fourth-order valence-corrected chi connectivity index (χ4v) is 3.32. The molecule has 0 saturated carbocycles. The Hall–Kier alpha value is -2.53. The first kappa shape index (κ1) is 19.2. The summed E-state index contributed by atoms with van der Waals surface area (Å²) in [5, 5.41) is 3.56. The summed E-state index contributed by atoms with van der Waals surface area (Å²) in [6.07, 6.45) is 1.72. The van der Waals surface area contributed by atoms with Crippen molar-refractivity contribution < 1.29 is 14.3 Å². The molecule has 1 heterocycles. The van der Waals surface area contributed by atoms with Crippen LogP contribution in [0.25, 0.3) is 0 Å². The van der Waals surface area contributed by atoms with Crippen LogP contribution in [0.3, 0.4) is 0 Å². The number of rotatable bonds is 5. The Labute approximate surface area is 164 Å². The highest BCUT2D eigenvalue weighted by Crippen LogP contribution is 2.21. The van der Waals surface area contributed by atoms with E-state index in [1.807, 2.05) is 29.2 Å². The molecule has 6 heteroatoms. The molecule has 2 amide bonds. The number of hydrogen-bond acceptors (Lipinski definition) is 3. The van der Waals surface area contributed by atoms with Gasteiger partial charge in [0.05, 0.1) is 13.5 Å². The molecule has 1 aliphatic heterocycles.